The van der Waals surface area contributed by atoms with Gasteiger partial charge in [-0.15, -0.1) is 0 Å². The topological polar surface area (TPSA) is 71.1 Å². The van der Waals surface area contributed by atoms with Crippen LogP contribution in [-0.4, -0.2) is 45.9 Å². The molecule has 3 aromatic rings. The molecule has 1 aliphatic heterocycles. The number of fused-ring (bicyclic) bond motifs is 1. The van der Waals surface area contributed by atoms with Crippen molar-refractivity contribution in [1.29, 1.82) is 0 Å². The quantitative estimate of drug-likeness (QED) is 0.782. The molecule has 1 aliphatic rings. The minimum absolute atomic E-state index is 0.00128. The van der Waals surface area contributed by atoms with Crippen LogP contribution in [0.25, 0.3) is 11.0 Å². The van der Waals surface area contributed by atoms with Crippen LogP contribution in [0.15, 0.2) is 42.5 Å². The van der Waals surface area contributed by atoms with Crippen LogP contribution in [-0.2, 0) is 0 Å². The highest BCUT2D eigenvalue weighted by atomic mass is 19.1. The maximum Gasteiger partial charge on any atom is 0.253 e. The number of hydrogen-bond donors (Lipinski definition) is 1. The normalized spacial score (nSPS) is 17.4. The highest BCUT2D eigenvalue weighted by Crippen LogP contribution is 2.21. The molecule has 0 aliphatic carbocycles. The van der Waals surface area contributed by atoms with Crippen LogP contribution >= 0.6 is 0 Å². The summed E-state index contributed by atoms with van der Waals surface area (Å²) in [7, 11) is 0. The van der Waals surface area contributed by atoms with E-state index in [1.54, 1.807) is 30.3 Å². The molecular weight excluding hydrogens is 335 g/mol. The molecule has 1 amide bonds. The zero-order valence-electron chi connectivity index (χ0n) is 14.2. The molecule has 0 spiro atoms. The summed E-state index contributed by atoms with van der Waals surface area (Å²) < 4.78 is 18.7. The summed E-state index contributed by atoms with van der Waals surface area (Å²) in [6.45, 7) is 1.90. The van der Waals surface area contributed by atoms with Crippen molar-refractivity contribution in [2.45, 2.75) is 12.8 Å². The van der Waals surface area contributed by atoms with E-state index in [0.29, 0.717) is 30.0 Å². The van der Waals surface area contributed by atoms with Gasteiger partial charge >= 0.3 is 0 Å². The second-order valence-electron chi connectivity index (χ2n) is 6.55. The van der Waals surface area contributed by atoms with Gasteiger partial charge in [0.25, 0.3) is 5.91 Å². The van der Waals surface area contributed by atoms with Crippen molar-refractivity contribution < 1.29 is 13.9 Å². The number of aromatic amines is 1. The molecular formula is C19H19FN4O2. The maximum absolute atomic E-state index is 12.9. The number of amides is 1. The van der Waals surface area contributed by atoms with Crippen molar-refractivity contribution in [3.63, 3.8) is 0 Å². The first-order valence-corrected chi connectivity index (χ1v) is 8.67. The molecule has 134 valence electrons. The molecule has 4 rings (SSSR count). The smallest absolute Gasteiger partial charge is 0.253 e. The fourth-order valence-corrected chi connectivity index (χ4v) is 3.29. The van der Waals surface area contributed by atoms with E-state index < -0.39 is 0 Å². The van der Waals surface area contributed by atoms with Gasteiger partial charge in [0.15, 0.2) is 0 Å². The third kappa shape index (κ3) is 3.51. The zero-order valence-corrected chi connectivity index (χ0v) is 14.2. The van der Waals surface area contributed by atoms with Crippen molar-refractivity contribution >= 4 is 16.9 Å². The lowest BCUT2D eigenvalue weighted by molar-refractivity contribution is 0.0633. The Morgan fingerprint density at radius 1 is 1.19 bits per heavy atom. The molecule has 2 aromatic carbocycles. The van der Waals surface area contributed by atoms with Gasteiger partial charge < -0.3 is 9.64 Å². The van der Waals surface area contributed by atoms with Crippen LogP contribution in [0.1, 0.15) is 23.2 Å². The third-order valence-electron chi connectivity index (χ3n) is 4.67. The van der Waals surface area contributed by atoms with Gasteiger partial charge in [-0.2, -0.15) is 15.4 Å². The van der Waals surface area contributed by atoms with Crippen molar-refractivity contribution in [3.8, 4) is 5.75 Å². The number of benzene rings is 2. The number of nitrogens with zero attached hydrogens (tertiary/aromatic N) is 3. The number of H-pyrrole nitrogens is 1. The Balaban J connectivity index is 1.39. The van der Waals surface area contributed by atoms with Crippen LogP contribution in [0.3, 0.4) is 0 Å². The summed E-state index contributed by atoms with van der Waals surface area (Å²) >= 11 is 0. The Morgan fingerprint density at radius 2 is 2.00 bits per heavy atom. The van der Waals surface area contributed by atoms with Crippen LogP contribution in [0, 0.1) is 11.7 Å². The van der Waals surface area contributed by atoms with Crippen LogP contribution < -0.4 is 4.74 Å². The number of halogens is 1. The number of carbonyl (C=O) groups excluding carboxylic acids is 1. The predicted octanol–water partition coefficient (Wildman–Crippen LogP) is 3.03. The van der Waals surface area contributed by atoms with E-state index in [-0.39, 0.29) is 17.6 Å². The summed E-state index contributed by atoms with van der Waals surface area (Å²) in [5, 5.41) is 10.6. The number of aromatic nitrogens is 3. The molecule has 1 saturated heterocycles. The van der Waals surface area contributed by atoms with E-state index in [2.05, 4.69) is 15.4 Å². The minimum Gasteiger partial charge on any atom is -0.493 e. The molecule has 1 atom stereocenters. The second-order valence-corrected chi connectivity index (χ2v) is 6.55. The molecule has 1 aromatic heterocycles. The van der Waals surface area contributed by atoms with Crippen LogP contribution in [0.5, 0.6) is 5.75 Å². The van der Waals surface area contributed by atoms with Crippen molar-refractivity contribution in [2.24, 2.45) is 5.92 Å². The molecule has 26 heavy (non-hydrogen) atoms. The third-order valence-corrected chi connectivity index (χ3v) is 4.67. The van der Waals surface area contributed by atoms with E-state index in [1.165, 1.54) is 12.1 Å². The zero-order chi connectivity index (χ0) is 17.9. The Labute approximate surface area is 150 Å². The fourth-order valence-electron chi connectivity index (χ4n) is 3.29. The molecule has 6 nitrogen and oxygen atoms in total. The highest BCUT2D eigenvalue weighted by molar-refractivity contribution is 5.97. The first kappa shape index (κ1) is 16.5. The SMILES string of the molecule is O=C(c1ccc2n[nH]nc2c1)N1CCCC(COc2ccc(F)cc2)C1. The number of ether oxygens (including phenoxy) is 1. The number of likely N-dealkylation sites (tertiary alicyclic amines) is 1. The van der Waals surface area contributed by atoms with Gasteiger partial charge in [-0.25, -0.2) is 4.39 Å². The number of carbonyl (C=O) groups is 1. The predicted molar refractivity (Wildman–Crippen MR) is 94.4 cm³/mol. The average Bonchev–Trinajstić information content (AvgIpc) is 3.15. The summed E-state index contributed by atoms with van der Waals surface area (Å²) in [6.07, 6.45) is 1.95. The largest absolute Gasteiger partial charge is 0.493 e. The standard InChI is InChI=1S/C19H19FN4O2/c20-15-4-6-16(7-5-15)26-12-13-2-1-9-24(11-13)19(25)14-3-8-17-18(10-14)22-23-21-17/h3-8,10,13H,1-2,9,11-12H2,(H,21,22,23). The van der Waals surface area contributed by atoms with Gasteiger partial charge in [0.05, 0.1) is 6.61 Å². The van der Waals surface area contributed by atoms with E-state index in [1.807, 2.05) is 4.90 Å². The Morgan fingerprint density at radius 3 is 2.85 bits per heavy atom. The number of piperidine rings is 1. The second kappa shape index (κ2) is 7.11. The van der Waals surface area contributed by atoms with Gasteiger partial charge in [-0.05, 0) is 55.3 Å². The number of rotatable bonds is 4. The lowest BCUT2D eigenvalue weighted by atomic mass is 9.98. The van der Waals surface area contributed by atoms with Gasteiger partial charge in [0.1, 0.15) is 22.6 Å². The Bertz CT molecular complexity index is 909. The summed E-state index contributed by atoms with van der Waals surface area (Å²) in [5.41, 5.74) is 2.04. The van der Waals surface area contributed by atoms with E-state index in [9.17, 15) is 9.18 Å². The monoisotopic (exact) mass is 354 g/mol. The molecule has 1 unspecified atom stereocenters. The molecule has 0 saturated carbocycles. The van der Waals surface area contributed by atoms with E-state index in [0.717, 1.165) is 24.9 Å². The summed E-state index contributed by atoms with van der Waals surface area (Å²) in [4.78, 5) is 14.7. The van der Waals surface area contributed by atoms with Crippen molar-refractivity contribution in [1.82, 2.24) is 20.3 Å². The Hall–Kier alpha value is -2.96. The van der Waals surface area contributed by atoms with Crippen LogP contribution in [0.4, 0.5) is 4.39 Å². The van der Waals surface area contributed by atoms with Gasteiger partial charge in [-0.3, -0.25) is 4.79 Å². The van der Waals surface area contributed by atoms with Crippen molar-refractivity contribution in [3.05, 3.63) is 53.8 Å². The molecule has 7 heteroatoms. The summed E-state index contributed by atoms with van der Waals surface area (Å²) in [5.74, 6) is 0.622. The first-order valence-electron chi connectivity index (χ1n) is 8.67. The van der Waals surface area contributed by atoms with Gasteiger partial charge in [0.2, 0.25) is 0 Å². The van der Waals surface area contributed by atoms with E-state index >= 15 is 0 Å². The minimum atomic E-state index is -0.282. The first-order chi connectivity index (χ1) is 12.7. The fraction of sp³-hybridized carbons (Fsp3) is 0.316. The summed E-state index contributed by atoms with van der Waals surface area (Å²) in [6, 6.07) is 11.3. The average molecular weight is 354 g/mol. The van der Waals surface area contributed by atoms with Gasteiger partial charge in [-0.1, -0.05) is 0 Å². The molecule has 0 bridgehead atoms. The Kier molecular flexibility index (Phi) is 4.51. The van der Waals surface area contributed by atoms with E-state index in [4.69, 9.17) is 4.74 Å². The number of hydrogen-bond acceptors (Lipinski definition) is 4. The lowest BCUT2D eigenvalue weighted by Gasteiger charge is -2.32. The molecule has 1 N–H and O–H groups in total. The number of nitrogens with one attached hydrogen (secondary N) is 1. The van der Waals surface area contributed by atoms with Crippen LogP contribution in [0.2, 0.25) is 0 Å². The maximum atomic E-state index is 12.9. The highest BCUT2D eigenvalue weighted by Gasteiger charge is 2.25. The van der Waals surface area contributed by atoms with Crippen molar-refractivity contribution in [2.75, 3.05) is 19.7 Å². The molecule has 0 radical (unpaired) electrons. The molecule has 2 heterocycles. The lowest BCUT2D eigenvalue weighted by Crippen LogP contribution is -2.41. The van der Waals surface area contributed by atoms with Gasteiger partial charge in [0, 0.05) is 24.6 Å². The molecule has 1 fully saturated rings.